The fraction of sp³-hybridized carbons (Fsp3) is 0.300. The van der Waals surface area contributed by atoms with Gasteiger partial charge >= 0.3 is 5.69 Å². The van der Waals surface area contributed by atoms with E-state index in [4.69, 9.17) is 0 Å². The fourth-order valence-corrected chi connectivity index (χ4v) is 1.52. The maximum absolute atomic E-state index is 13.4. The molecule has 0 atom stereocenters. The second-order valence-corrected chi connectivity index (χ2v) is 3.65. The average Bonchev–Trinajstić information content (AvgIpc) is 2.42. The molecule has 4 heteroatoms. The van der Waals surface area contributed by atoms with Crippen molar-refractivity contribution in [2.24, 2.45) is 0 Å². The van der Waals surface area contributed by atoms with E-state index in [0.717, 1.165) is 0 Å². The summed E-state index contributed by atoms with van der Waals surface area (Å²) in [5.74, 6) is -0.166. The van der Waals surface area contributed by atoms with Crippen molar-refractivity contribution in [3.63, 3.8) is 0 Å². The summed E-state index contributed by atoms with van der Waals surface area (Å²) in [5, 5.41) is 0. The lowest BCUT2D eigenvalue weighted by Gasteiger charge is -2.06. The third-order valence-corrected chi connectivity index (χ3v) is 2.26. The van der Waals surface area contributed by atoms with E-state index in [-0.39, 0.29) is 17.4 Å². The van der Waals surface area contributed by atoms with E-state index in [1.54, 1.807) is 6.07 Å². The Morgan fingerprint density at radius 2 is 1.79 bits per heavy atom. The summed E-state index contributed by atoms with van der Waals surface area (Å²) in [6.07, 6.45) is 0. The third-order valence-electron chi connectivity index (χ3n) is 2.26. The van der Waals surface area contributed by atoms with Crippen LogP contribution < -0.4 is 5.69 Å². The fourth-order valence-electron chi connectivity index (χ4n) is 1.52. The summed E-state index contributed by atoms with van der Waals surface area (Å²) >= 11 is 0. The highest BCUT2D eigenvalue weighted by Crippen LogP contribution is 2.21. The number of imidazole rings is 1. The number of halogens is 1. The lowest BCUT2D eigenvalue weighted by Crippen LogP contribution is -1.99. The molecular weight excluding hydrogens is 183 g/mol. The molecule has 3 nitrogen and oxygen atoms in total. The Kier molecular flexibility index (Phi) is 1.91. The smallest absolute Gasteiger partial charge is 0.306 e. The molecule has 0 spiro atoms. The molecule has 0 saturated carbocycles. The third kappa shape index (κ3) is 1.32. The normalized spacial score (nSPS) is 11.4. The molecule has 0 radical (unpaired) electrons. The largest absolute Gasteiger partial charge is 0.323 e. The van der Waals surface area contributed by atoms with Gasteiger partial charge in [-0.15, -0.1) is 0 Å². The van der Waals surface area contributed by atoms with Crippen LogP contribution in [0.2, 0.25) is 0 Å². The van der Waals surface area contributed by atoms with E-state index in [2.05, 4.69) is 9.97 Å². The number of benzene rings is 1. The van der Waals surface area contributed by atoms with Gasteiger partial charge in [0.1, 0.15) is 5.82 Å². The van der Waals surface area contributed by atoms with Crippen molar-refractivity contribution in [1.29, 1.82) is 0 Å². The molecule has 1 aromatic heterocycles. The lowest BCUT2D eigenvalue weighted by atomic mass is 10.0. The van der Waals surface area contributed by atoms with E-state index < -0.39 is 0 Å². The highest BCUT2D eigenvalue weighted by Gasteiger charge is 2.09. The molecule has 0 aliphatic carbocycles. The van der Waals surface area contributed by atoms with Crippen LogP contribution in [0.4, 0.5) is 4.39 Å². The molecule has 14 heavy (non-hydrogen) atoms. The van der Waals surface area contributed by atoms with E-state index in [1.165, 1.54) is 6.07 Å². The average molecular weight is 194 g/mol. The summed E-state index contributed by atoms with van der Waals surface area (Å²) in [6.45, 7) is 3.82. The number of nitrogens with one attached hydrogen (secondary N) is 2. The van der Waals surface area contributed by atoms with Crippen LogP contribution in [0.1, 0.15) is 25.3 Å². The van der Waals surface area contributed by atoms with E-state index >= 15 is 0 Å². The van der Waals surface area contributed by atoms with Crippen molar-refractivity contribution in [1.82, 2.24) is 9.97 Å². The van der Waals surface area contributed by atoms with Gasteiger partial charge in [-0.3, -0.25) is 0 Å². The molecule has 74 valence electrons. The molecule has 1 heterocycles. The lowest BCUT2D eigenvalue weighted by molar-refractivity contribution is 0.600. The molecule has 2 aromatic rings. The number of aromatic nitrogens is 2. The quantitative estimate of drug-likeness (QED) is 0.717. The summed E-state index contributed by atoms with van der Waals surface area (Å²) < 4.78 is 13.4. The molecule has 1 aromatic carbocycles. The highest BCUT2D eigenvalue weighted by molar-refractivity contribution is 5.75. The first-order chi connectivity index (χ1) is 6.58. The molecule has 2 N–H and O–H groups in total. The number of fused-ring (bicyclic) bond motifs is 1. The summed E-state index contributed by atoms with van der Waals surface area (Å²) in [7, 11) is 0. The van der Waals surface area contributed by atoms with Gasteiger partial charge in [0, 0.05) is 0 Å². The van der Waals surface area contributed by atoms with Gasteiger partial charge in [-0.1, -0.05) is 13.8 Å². The summed E-state index contributed by atoms with van der Waals surface area (Å²) in [5.41, 5.74) is 1.48. The van der Waals surface area contributed by atoms with E-state index in [0.29, 0.717) is 16.6 Å². The standard InChI is InChI=1S/C10H11FN2O/c1-5(2)6-3-8-9(4-7(6)11)13-10(14)12-8/h3-5H,1-2H3,(H2,12,13,14). The zero-order chi connectivity index (χ0) is 10.3. The van der Waals surface area contributed by atoms with Gasteiger partial charge in [0.2, 0.25) is 0 Å². The Morgan fingerprint density at radius 3 is 2.36 bits per heavy atom. The Morgan fingerprint density at radius 1 is 1.21 bits per heavy atom. The minimum absolute atomic E-state index is 0.109. The van der Waals surface area contributed by atoms with Crippen LogP contribution in [0.3, 0.4) is 0 Å². The zero-order valence-electron chi connectivity index (χ0n) is 8.02. The van der Waals surface area contributed by atoms with Crippen LogP contribution in [-0.4, -0.2) is 9.97 Å². The predicted molar refractivity (Wildman–Crippen MR) is 53.0 cm³/mol. The van der Waals surface area contributed by atoms with Gasteiger partial charge < -0.3 is 9.97 Å². The van der Waals surface area contributed by atoms with Gasteiger partial charge in [-0.25, -0.2) is 9.18 Å². The molecule has 0 saturated heterocycles. The predicted octanol–water partition coefficient (Wildman–Crippen LogP) is 2.12. The summed E-state index contributed by atoms with van der Waals surface area (Å²) in [4.78, 5) is 16.1. The molecule has 2 rings (SSSR count). The minimum Gasteiger partial charge on any atom is -0.306 e. The Bertz CT molecular complexity index is 524. The SMILES string of the molecule is CC(C)c1cc2[nH]c(=O)[nH]c2cc1F. The van der Waals surface area contributed by atoms with Gasteiger partial charge in [0.05, 0.1) is 11.0 Å². The van der Waals surface area contributed by atoms with Gasteiger partial charge in [-0.2, -0.15) is 0 Å². The molecule has 0 fully saturated rings. The molecule has 0 aliphatic rings. The zero-order valence-corrected chi connectivity index (χ0v) is 8.02. The Hall–Kier alpha value is -1.58. The number of rotatable bonds is 1. The summed E-state index contributed by atoms with van der Waals surface area (Å²) in [6, 6.07) is 3.02. The molecule has 0 unspecified atom stereocenters. The second-order valence-electron chi connectivity index (χ2n) is 3.65. The Balaban J connectivity index is 2.76. The van der Waals surface area contributed by atoms with Crippen molar-refractivity contribution < 1.29 is 4.39 Å². The first-order valence-corrected chi connectivity index (χ1v) is 4.49. The van der Waals surface area contributed by atoms with E-state index in [9.17, 15) is 9.18 Å². The molecule has 0 aliphatic heterocycles. The first kappa shape index (κ1) is 8.99. The minimum atomic E-state index is -0.305. The molecule has 0 amide bonds. The Labute approximate surface area is 80.0 Å². The first-order valence-electron chi connectivity index (χ1n) is 4.49. The highest BCUT2D eigenvalue weighted by atomic mass is 19.1. The van der Waals surface area contributed by atoms with Crippen molar-refractivity contribution in [3.05, 3.63) is 34.0 Å². The maximum Gasteiger partial charge on any atom is 0.323 e. The van der Waals surface area contributed by atoms with E-state index in [1.807, 2.05) is 13.8 Å². The molecule has 0 bridgehead atoms. The molecular formula is C10H11FN2O. The van der Waals surface area contributed by atoms with Gasteiger partial charge in [0.25, 0.3) is 0 Å². The monoisotopic (exact) mass is 194 g/mol. The maximum atomic E-state index is 13.4. The number of H-pyrrole nitrogens is 2. The van der Waals surface area contributed by atoms with Crippen LogP contribution in [0, 0.1) is 5.82 Å². The van der Waals surface area contributed by atoms with Crippen LogP contribution in [0.25, 0.3) is 11.0 Å². The van der Waals surface area contributed by atoms with Crippen LogP contribution in [-0.2, 0) is 0 Å². The van der Waals surface area contributed by atoms with Crippen LogP contribution in [0.15, 0.2) is 16.9 Å². The van der Waals surface area contributed by atoms with Crippen LogP contribution in [0.5, 0.6) is 0 Å². The number of hydrogen-bond donors (Lipinski definition) is 2. The van der Waals surface area contributed by atoms with Gasteiger partial charge in [-0.05, 0) is 23.6 Å². The number of aromatic amines is 2. The topological polar surface area (TPSA) is 48.6 Å². The van der Waals surface area contributed by atoms with Crippen molar-refractivity contribution in [2.45, 2.75) is 19.8 Å². The second kappa shape index (κ2) is 2.97. The number of hydrogen-bond acceptors (Lipinski definition) is 1. The van der Waals surface area contributed by atoms with Crippen molar-refractivity contribution in [2.75, 3.05) is 0 Å². The van der Waals surface area contributed by atoms with Crippen LogP contribution >= 0.6 is 0 Å². The van der Waals surface area contributed by atoms with Crippen molar-refractivity contribution in [3.8, 4) is 0 Å². The van der Waals surface area contributed by atoms with Gasteiger partial charge in [0.15, 0.2) is 0 Å². The van der Waals surface area contributed by atoms with Crippen molar-refractivity contribution >= 4 is 11.0 Å².